The van der Waals surface area contributed by atoms with Gasteiger partial charge in [-0.2, -0.15) is 0 Å². The summed E-state index contributed by atoms with van der Waals surface area (Å²) in [7, 11) is 0. The van der Waals surface area contributed by atoms with Gasteiger partial charge in [0.2, 0.25) is 0 Å². The average molecular weight is 914 g/mol. The van der Waals surface area contributed by atoms with E-state index in [1.54, 1.807) is 5.57 Å². The number of ether oxygens (including phenoxy) is 1. The minimum atomic E-state index is -0.320. The second-order valence-electron chi connectivity index (χ2n) is 27.6. The lowest BCUT2D eigenvalue weighted by Gasteiger charge is -2.72. The fraction of sp³-hybridized carbons (Fsp3) is 0.922. The van der Waals surface area contributed by atoms with Crippen LogP contribution >= 0.6 is 0 Å². The van der Waals surface area contributed by atoms with Gasteiger partial charge in [-0.1, -0.05) is 166 Å². The molecule has 0 spiro atoms. The molecular weight excluding hydrogens is 801 g/mol. The molecule has 0 N–H and O–H groups in total. The first kappa shape index (κ1) is 54.3. The van der Waals surface area contributed by atoms with Gasteiger partial charge >= 0.3 is 5.97 Å². The van der Waals surface area contributed by atoms with Crippen molar-refractivity contribution in [3.63, 3.8) is 0 Å². The van der Waals surface area contributed by atoms with Crippen molar-refractivity contribution in [1.82, 2.24) is 0 Å². The Bertz CT molecular complexity index is 1670. The van der Waals surface area contributed by atoms with Gasteiger partial charge in [-0.3, -0.25) is 4.79 Å². The number of esters is 1. The van der Waals surface area contributed by atoms with Gasteiger partial charge < -0.3 is 4.74 Å². The van der Waals surface area contributed by atoms with Gasteiger partial charge in [0, 0.05) is 6.42 Å². The normalized spacial score (nSPS) is 45.9. The summed E-state index contributed by atoms with van der Waals surface area (Å²) in [6.07, 6.45) is 35.4. The van der Waals surface area contributed by atoms with Crippen LogP contribution in [0.5, 0.6) is 0 Å². The summed E-state index contributed by atoms with van der Waals surface area (Å²) in [6, 6.07) is 0. The number of hydrogen-bond acceptors (Lipinski definition) is 2. The molecule has 2 heteroatoms. The van der Waals surface area contributed by atoms with Crippen LogP contribution in [0.4, 0.5) is 0 Å². The molecule has 16 atom stereocenters. The number of fused-ring (bicyclic) bond motifs is 12. The number of hydrogen-bond donors (Lipinski definition) is 0. The van der Waals surface area contributed by atoms with Crippen LogP contribution in [0.15, 0.2) is 23.8 Å². The van der Waals surface area contributed by atoms with Gasteiger partial charge in [-0.25, -0.2) is 0 Å². The lowest BCUT2D eigenvalue weighted by Crippen LogP contribution is -2.66. The van der Waals surface area contributed by atoms with Crippen LogP contribution < -0.4 is 0 Å². The summed E-state index contributed by atoms with van der Waals surface area (Å²) in [5.74, 6) is 7.69. The molecule has 0 bridgehead atoms. The predicted molar refractivity (Wildman–Crippen MR) is 285 cm³/mol. The first-order valence-electron chi connectivity index (χ1n) is 29.7. The van der Waals surface area contributed by atoms with E-state index in [9.17, 15) is 0 Å². The van der Waals surface area contributed by atoms with Crippen molar-refractivity contribution in [2.45, 2.75) is 277 Å². The first-order chi connectivity index (χ1) is 31.2. The Hall–Kier alpha value is -1.05. The summed E-state index contributed by atoms with van der Waals surface area (Å²) < 4.78 is 7.00. The van der Waals surface area contributed by atoms with E-state index in [0.29, 0.717) is 44.8 Å². The van der Waals surface area contributed by atoms with E-state index in [0.717, 1.165) is 73.5 Å². The summed E-state index contributed by atoms with van der Waals surface area (Å²) in [5.41, 5.74) is 5.07. The van der Waals surface area contributed by atoms with E-state index in [1.165, 1.54) is 134 Å². The molecule has 2 unspecified atom stereocenters. The zero-order valence-corrected chi connectivity index (χ0v) is 47.1. The van der Waals surface area contributed by atoms with Gasteiger partial charge in [0.25, 0.3) is 0 Å². The Morgan fingerprint density at radius 3 is 2.05 bits per heavy atom. The summed E-state index contributed by atoms with van der Waals surface area (Å²) in [5, 5.41) is 0. The molecule has 9 aliphatic carbocycles. The molecule has 8 fully saturated rings. The minimum Gasteiger partial charge on any atom is -0.462 e. The molecule has 0 aromatic carbocycles. The van der Waals surface area contributed by atoms with Gasteiger partial charge in [-0.15, -0.1) is 0 Å². The highest BCUT2D eigenvalue weighted by molar-refractivity contribution is 5.78. The molecule has 380 valence electrons. The summed E-state index contributed by atoms with van der Waals surface area (Å²) in [4.78, 5) is 15.2. The fourth-order valence-electron chi connectivity index (χ4n) is 20.1. The second-order valence-corrected chi connectivity index (χ2v) is 27.6. The molecule has 0 aromatic rings. The van der Waals surface area contributed by atoms with Crippen molar-refractivity contribution in [1.29, 1.82) is 0 Å². The number of allylic oxidation sites excluding steroid dienone is 2. The Morgan fingerprint density at radius 1 is 0.697 bits per heavy atom. The number of carbonyl (C=O) groups excluding carboxylic acids is 1. The van der Waals surface area contributed by atoms with Gasteiger partial charge in [-0.05, 0) is 214 Å². The third kappa shape index (κ3) is 9.10. The van der Waals surface area contributed by atoms with Crippen LogP contribution in [0.1, 0.15) is 271 Å². The zero-order valence-electron chi connectivity index (χ0n) is 47.1. The standard InChI is InChI=1S/C56H90O2.2C3H8.C2H6/c1-36(2)15-12-13-16-38-18-20-43-42-19-17-39-35-40(23-29-52(39,8)44(42)25-30-51(38,43)7)58-49(57)56-32-24-41(37(3)4)48(56)45-21-22-47-53(9)28-14-27-50(5,6)46(53)26-31-55(47,11)54(45,10)33-34-56;2*1-3-2;1-2/h17,36,38,40-48H,3,12-16,18-35H2,1-2,4-11H3;2*3H2,1-2H3;1-2H3/t38-,40-,41-,42-,43-,44-,45+,46?,47+,48?,51+,52-,53-,54+,55+,56-;;;/m0.../s1. The van der Waals surface area contributed by atoms with Crippen LogP contribution in [0.25, 0.3) is 0 Å². The summed E-state index contributed by atoms with van der Waals surface area (Å²) >= 11 is 0. The maximum absolute atomic E-state index is 15.2. The highest BCUT2D eigenvalue weighted by Gasteiger charge is 2.72. The van der Waals surface area contributed by atoms with Crippen molar-refractivity contribution in [2.24, 2.45) is 97.1 Å². The number of carbonyl (C=O) groups is 1. The summed E-state index contributed by atoms with van der Waals surface area (Å²) in [6.45, 7) is 43.0. The zero-order chi connectivity index (χ0) is 48.7. The molecule has 0 saturated heterocycles. The number of rotatable bonds is 8. The van der Waals surface area contributed by atoms with Crippen LogP contribution in [-0.4, -0.2) is 12.1 Å². The van der Waals surface area contributed by atoms with E-state index < -0.39 is 0 Å². The van der Waals surface area contributed by atoms with Gasteiger partial charge in [0.1, 0.15) is 6.10 Å². The Balaban J connectivity index is 0.000000845. The molecule has 9 aliphatic rings. The van der Waals surface area contributed by atoms with Crippen molar-refractivity contribution in [2.75, 3.05) is 0 Å². The highest BCUT2D eigenvalue weighted by Crippen LogP contribution is 2.78. The van der Waals surface area contributed by atoms with Gasteiger partial charge in [0.05, 0.1) is 5.41 Å². The lowest BCUT2D eigenvalue weighted by molar-refractivity contribution is -0.239. The fourth-order valence-corrected chi connectivity index (χ4v) is 20.1. The molecular formula is C64H112O2. The van der Waals surface area contributed by atoms with E-state index in [1.807, 2.05) is 13.8 Å². The monoisotopic (exact) mass is 913 g/mol. The van der Waals surface area contributed by atoms with Crippen LogP contribution in [-0.2, 0) is 9.53 Å². The second kappa shape index (κ2) is 21.0. The van der Waals surface area contributed by atoms with Crippen LogP contribution in [0.3, 0.4) is 0 Å². The quantitative estimate of drug-likeness (QED) is 0.138. The Kier molecular flexibility index (Phi) is 17.2. The largest absolute Gasteiger partial charge is 0.462 e. The van der Waals surface area contributed by atoms with E-state index >= 15 is 4.79 Å². The molecule has 66 heavy (non-hydrogen) atoms. The molecule has 0 amide bonds. The Morgan fingerprint density at radius 2 is 1.38 bits per heavy atom. The maximum Gasteiger partial charge on any atom is 0.312 e. The highest BCUT2D eigenvalue weighted by atomic mass is 16.5. The van der Waals surface area contributed by atoms with Gasteiger partial charge in [0.15, 0.2) is 0 Å². The SMILES string of the molecule is C=C(C)[C@@H]1CC[C@]2(C(=O)O[C@H]3CC[C@@]4(C)C(=CC[C@H]5[C@@H]6CC[C@H](CCCCC(C)C)[C@@]6(C)CC[C@@H]54)C3)CC[C@]3(C)[C@H](CC[C@@H]4[C@@]5(C)CCCC(C)(C)C5CC[C@]43C)C12.CC.CCC.CCC. The van der Waals surface area contributed by atoms with E-state index in [4.69, 9.17) is 4.74 Å². The smallest absolute Gasteiger partial charge is 0.312 e. The molecule has 9 rings (SSSR count). The lowest BCUT2D eigenvalue weighted by atomic mass is 9.32. The van der Waals surface area contributed by atoms with E-state index in [2.05, 4.69) is 110 Å². The average Bonchev–Trinajstić information content (AvgIpc) is 3.83. The molecule has 0 aromatic heterocycles. The van der Waals surface area contributed by atoms with Crippen molar-refractivity contribution in [3.8, 4) is 0 Å². The molecule has 2 nitrogen and oxygen atoms in total. The molecule has 0 heterocycles. The van der Waals surface area contributed by atoms with Crippen molar-refractivity contribution in [3.05, 3.63) is 23.8 Å². The Labute approximate surface area is 412 Å². The molecule has 0 radical (unpaired) electrons. The van der Waals surface area contributed by atoms with Crippen molar-refractivity contribution >= 4 is 5.97 Å². The number of unbranched alkanes of at least 4 members (excludes halogenated alkanes) is 1. The minimum absolute atomic E-state index is 0.0595. The molecule has 0 aliphatic heterocycles. The van der Waals surface area contributed by atoms with Crippen LogP contribution in [0, 0.1) is 97.1 Å². The third-order valence-corrected chi connectivity index (χ3v) is 23.3. The van der Waals surface area contributed by atoms with Crippen molar-refractivity contribution < 1.29 is 9.53 Å². The molecule has 8 saturated carbocycles. The van der Waals surface area contributed by atoms with E-state index in [-0.39, 0.29) is 22.9 Å². The maximum atomic E-state index is 15.2. The third-order valence-electron chi connectivity index (χ3n) is 23.3. The topological polar surface area (TPSA) is 26.3 Å². The predicted octanol–water partition coefficient (Wildman–Crippen LogP) is 19.6. The van der Waals surface area contributed by atoms with Crippen LogP contribution in [0.2, 0.25) is 0 Å². The first-order valence-corrected chi connectivity index (χ1v) is 29.7.